The van der Waals surface area contributed by atoms with Gasteiger partial charge in [0.1, 0.15) is 11.6 Å². The fourth-order valence-electron chi connectivity index (χ4n) is 4.09. The second-order valence-corrected chi connectivity index (χ2v) is 7.89. The highest BCUT2D eigenvalue weighted by molar-refractivity contribution is 5.94. The van der Waals surface area contributed by atoms with Gasteiger partial charge in [-0.05, 0) is 55.2 Å². The number of fused-ring (bicyclic) bond motifs is 1. The summed E-state index contributed by atoms with van der Waals surface area (Å²) >= 11 is 0. The molecule has 1 aliphatic rings. The van der Waals surface area contributed by atoms with Crippen LogP contribution in [-0.4, -0.2) is 35.3 Å². The first-order valence-corrected chi connectivity index (χ1v) is 10.3. The number of ether oxygens (including phenoxy) is 1. The van der Waals surface area contributed by atoms with Gasteiger partial charge in [0.05, 0.1) is 18.2 Å². The number of rotatable bonds is 4. The predicted octanol–water partition coefficient (Wildman–Crippen LogP) is 5.20. The first-order valence-electron chi connectivity index (χ1n) is 10.3. The maximum Gasteiger partial charge on any atom is 0.259 e. The van der Waals surface area contributed by atoms with Crippen molar-refractivity contribution < 1.29 is 9.26 Å². The summed E-state index contributed by atoms with van der Waals surface area (Å²) in [6.45, 7) is 4.34. The number of piperidine rings is 1. The Kier molecular flexibility index (Phi) is 4.83. The van der Waals surface area contributed by atoms with E-state index in [0.717, 1.165) is 46.7 Å². The molecule has 2 aromatic carbocycles. The summed E-state index contributed by atoms with van der Waals surface area (Å²) in [5.41, 5.74) is 2.74. The molecule has 1 fully saturated rings. The zero-order valence-corrected chi connectivity index (χ0v) is 17.2. The Morgan fingerprint density at radius 3 is 2.70 bits per heavy atom. The topological polar surface area (TPSA) is 64.3 Å². The van der Waals surface area contributed by atoms with E-state index in [4.69, 9.17) is 19.2 Å². The summed E-state index contributed by atoms with van der Waals surface area (Å²) in [6, 6.07) is 17.8. The number of hydrogen-bond donors (Lipinski definition) is 0. The third kappa shape index (κ3) is 3.49. The van der Waals surface area contributed by atoms with Crippen LogP contribution in [0.15, 0.2) is 59.1 Å². The third-order valence-electron chi connectivity index (χ3n) is 5.69. The molecular formula is C24H24N4O2. The van der Waals surface area contributed by atoms with Crippen LogP contribution in [0.5, 0.6) is 5.75 Å². The molecule has 0 N–H and O–H groups in total. The Morgan fingerprint density at radius 1 is 1.07 bits per heavy atom. The SMILES string of the molecule is COc1ccc(-c2noc(-c3cc(N4CCC[C@H](C)C4)nc4ccccc34)n2)cc1. The summed E-state index contributed by atoms with van der Waals surface area (Å²) in [7, 11) is 1.65. The number of benzene rings is 2. The van der Waals surface area contributed by atoms with Crippen LogP contribution >= 0.6 is 0 Å². The Bertz CT molecular complexity index is 1170. The van der Waals surface area contributed by atoms with E-state index in [9.17, 15) is 0 Å². The van der Waals surface area contributed by atoms with Crippen molar-refractivity contribution in [3.05, 3.63) is 54.6 Å². The van der Waals surface area contributed by atoms with Crippen molar-refractivity contribution in [1.29, 1.82) is 0 Å². The molecule has 0 unspecified atom stereocenters. The molecule has 30 heavy (non-hydrogen) atoms. The van der Waals surface area contributed by atoms with E-state index in [1.165, 1.54) is 12.8 Å². The Labute approximate surface area is 175 Å². The second-order valence-electron chi connectivity index (χ2n) is 7.89. The summed E-state index contributed by atoms with van der Waals surface area (Å²) in [5, 5.41) is 5.23. The maximum absolute atomic E-state index is 5.69. The lowest BCUT2D eigenvalue weighted by Crippen LogP contribution is -2.34. The first-order chi connectivity index (χ1) is 14.7. The van der Waals surface area contributed by atoms with Crippen LogP contribution in [0, 0.1) is 5.92 Å². The van der Waals surface area contributed by atoms with Crippen molar-refractivity contribution in [2.75, 3.05) is 25.1 Å². The minimum Gasteiger partial charge on any atom is -0.497 e. The lowest BCUT2D eigenvalue weighted by atomic mass is 10.00. The minimum absolute atomic E-state index is 0.505. The van der Waals surface area contributed by atoms with E-state index >= 15 is 0 Å². The summed E-state index contributed by atoms with van der Waals surface area (Å²) in [5.74, 6) is 3.50. The van der Waals surface area contributed by atoms with Crippen molar-refractivity contribution in [2.24, 2.45) is 5.92 Å². The molecule has 0 saturated carbocycles. The van der Waals surface area contributed by atoms with E-state index in [1.807, 2.05) is 42.5 Å². The second kappa shape index (κ2) is 7.78. The molecule has 1 atom stereocenters. The normalized spacial score (nSPS) is 16.7. The van der Waals surface area contributed by atoms with E-state index in [1.54, 1.807) is 7.11 Å². The van der Waals surface area contributed by atoms with Crippen molar-refractivity contribution in [3.8, 4) is 28.6 Å². The number of para-hydroxylation sites is 1. The summed E-state index contributed by atoms with van der Waals surface area (Å²) < 4.78 is 10.9. The average Bonchev–Trinajstić information content (AvgIpc) is 3.28. The molecule has 0 amide bonds. The van der Waals surface area contributed by atoms with Crippen molar-refractivity contribution >= 4 is 16.7 Å². The van der Waals surface area contributed by atoms with Gasteiger partial charge in [0.25, 0.3) is 5.89 Å². The standard InChI is InChI=1S/C24H24N4O2/c1-16-6-5-13-28(15-16)22-14-20(19-7-3-4-8-21(19)25-22)24-26-23(27-30-24)17-9-11-18(29-2)12-10-17/h3-4,7-12,14,16H,5-6,13,15H2,1-2H3/t16-/m0/s1. The van der Waals surface area contributed by atoms with Gasteiger partial charge in [-0.2, -0.15) is 4.98 Å². The molecule has 1 aliphatic heterocycles. The highest BCUT2D eigenvalue weighted by Gasteiger charge is 2.21. The van der Waals surface area contributed by atoms with Crippen LogP contribution < -0.4 is 9.64 Å². The predicted molar refractivity (Wildman–Crippen MR) is 118 cm³/mol. The number of pyridine rings is 1. The quantitative estimate of drug-likeness (QED) is 0.469. The lowest BCUT2D eigenvalue weighted by molar-refractivity contribution is 0.415. The van der Waals surface area contributed by atoms with Crippen LogP contribution in [0.1, 0.15) is 19.8 Å². The van der Waals surface area contributed by atoms with Gasteiger partial charge >= 0.3 is 0 Å². The minimum atomic E-state index is 0.505. The molecular weight excluding hydrogens is 376 g/mol. The number of anilines is 1. The van der Waals surface area contributed by atoms with E-state index in [0.29, 0.717) is 17.6 Å². The zero-order chi connectivity index (χ0) is 20.5. The summed E-state index contributed by atoms with van der Waals surface area (Å²) in [6.07, 6.45) is 2.46. The van der Waals surface area contributed by atoms with Crippen LogP contribution in [0.3, 0.4) is 0 Å². The van der Waals surface area contributed by atoms with Crippen molar-refractivity contribution in [3.63, 3.8) is 0 Å². The monoisotopic (exact) mass is 400 g/mol. The van der Waals surface area contributed by atoms with Gasteiger partial charge in [-0.15, -0.1) is 0 Å². The molecule has 0 spiro atoms. The molecule has 6 nitrogen and oxygen atoms in total. The molecule has 0 radical (unpaired) electrons. The molecule has 0 bridgehead atoms. The Hall–Kier alpha value is -3.41. The fourth-order valence-corrected chi connectivity index (χ4v) is 4.09. The largest absolute Gasteiger partial charge is 0.497 e. The van der Waals surface area contributed by atoms with Crippen LogP contribution in [0.2, 0.25) is 0 Å². The molecule has 152 valence electrons. The van der Waals surface area contributed by atoms with Gasteiger partial charge in [-0.1, -0.05) is 30.3 Å². The molecule has 5 rings (SSSR count). The highest BCUT2D eigenvalue weighted by atomic mass is 16.5. The van der Waals surface area contributed by atoms with Gasteiger partial charge < -0.3 is 14.2 Å². The van der Waals surface area contributed by atoms with Crippen LogP contribution in [0.4, 0.5) is 5.82 Å². The van der Waals surface area contributed by atoms with E-state index < -0.39 is 0 Å². The van der Waals surface area contributed by atoms with E-state index in [-0.39, 0.29) is 0 Å². The van der Waals surface area contributed by atoms with Gasteiger partial charge in [-0.3, -0.25) is 0 Å². The van der Waals surface area contributed by atoms with Crippen LogP contribution in [-0.2, 0) is 0 Å². The van der Waals surface area contributed by atoms with Crippen molar-refractivity contribution in [1.82, 2.24) is 15.1 Å². The summed E-state index contributed by atoms with van der Waals surface area (Å²) in [4.78, 5) is 12.0. The van der Waals surface area contributed by atoms with Gasteiger partial charge in [0, 0.05) is 24.0 Å². The van der Waals surface area contributed by atoms with Crippen LogP contribution in [0.25, 0.3) is 33.7 Å². The molecule has 1 saturated heterocycles. The third-order valence-corrected chi connectivity index (χ3v) is 5.69. The first kappa shape index (κ1) is 18.6. The number of nitrogens with zero attached hydrogens (tertiary/aromatic N) is 4. The Balaban J connectivity index is 1.57. The van der Waals surface area contributed by atoms with E-state index in [2.05, 4.69) is 29.1 Å². The molecule has 2 aromatic heterocycles. The maximum atomic E-state index is 5.69. The number of hydrogen-bond acceptors (Lipinski definition) is 6. The molecule has 6 heteroatoms. The Morgan fingerprint density at radius 2 is 1.90 bits per heavy atom. The molecule has 0 aliphatic carbocycles. The van der Waals surface area contributed by atoms with Gasteiger partial charge in [0.2, 0.25) is 5.82 Å². The van der Waals surface area contributed by atoms with Gasteiger partial charge in [0.15, 0.2) is 0 Å². The van der Waals surface area contributed by atoms with Gasteiger partial charge in [-0.25, -0.2) is 4.98 Å². The fraction of sp³-hybridized carbons (Fsp3) is 0.292. The smallest absolute Gasteiger partial charge is 0.259 e. The lowest BCUT2D eigenvalue weighted by Gasteiger charge is -2.32. The number of methoxy groups -OCH3 is 1. The number of aromatic nitrogens is 3. The highest BCUT2D eigenvalue weighted by Crippen LogP contribution is 2.33. The zero-order valence-electron chi connectivity index (χ0n) is 17.2. The average molecular weight is 400 g/mol. The molecule has 3 heterocycles. The van der Waals surface area contributed by atoms with Crippen molar-refractivity contribution in [2.45, 2.75) is 19.8 Å². The molecule has 4 aromatic rings.